The van der Waals surface area contributed by atoms with Crippen molar-refractivity contribution in [1.29, 1.82) is 0 Å². The number of benzene rings is 12. The number of hydrogen-bond acceptors (Lipinski definition) is 4. The van der Waals surface area contributed by atoms with E-state index in [0.717, 1.165) is 144 Å². The van der Waals surface area contributed by atoms with Crippen molar-refractivity contribution in [2.45, 2.75) is 26.2 Å². The van der Waals surface area contributed by atoms with Crippen LogP contribution in [0.2, 0.25) is 0 Å². The van der Waals surface area contributed by atoms with Crippen LogP contribution in [0.5, 0.6) is 11.5 Å². The molecule has 0 unspecified atom stereocenters. The van der Waals surface area contributed by atoms with Gasteiger partial charge >= 0.3 is 0 Å². The van der Waals surface area contributed by atoms with E-state index in [1.54, 1.807) is 0 Å². The smallest absolute Gasteiger partial charge is 0.269 e. The Morgan fingerprint density at radius 3 is 1.83 bits per heavy atom. The molecule has 0 radical (unpaired) electrons. The highest BCUT2D eigenvalue weighted by molar-refractivity contribution is 6.12. The molecule has 0 atom stereocenters. The molecule has 1 aliphatic heterocycles. The van der Waals surface area contributed by atoms with Crippen LogP contribution in [0, 0.1) is 6.33 Å². The van der Waals surface area contributed by atoms with Gasteiger partial charge in [0.15, 0.2) is 0 Å². The van der Waals surface area contributed by atoms with Crippen molar-refractivity contribution in [3.8, 4) is 95.5 Å². The molecule has 0 amide bonds. The van der Waals surface area contributed by atoms with E-state index in [1.165, 1.54) is 5.56 Å². The van der Waals surface area contributed by atoms with Crippen molar-refractivity contribution >= 4 is 76.7 Å². The summed E-state index contributed by atoms with van der Waals surface area (Å²) in [5, 5.41) is 6.16. The molecule has 0 bridgehead atoms. The maximum atomic E-state index is 9.55. The predicted molar refractivity (Wildman–Crippen MR) is 362 cm³/mol. The molecule has 0 fully saturated rings. The second kappa shape index (κ2) is 19.5. The minimum absolute atomic E-state index is 0.0894. The molecule has 0 N–H and O–H groups in total. The molecule has 7 heteroatoms. The number of rotatable bonds is 7. The summed E-state index contributed by atoms with van der Waals surface area (Å²) in [6, 6.07) is 79.2. The zero-order valence-corrected chi connectivity index (χ0v) is 48.6. The third kappa shape index (κ3) is 8.05. The van der Waals surface area contributed by atoms with Crippen molar-refractivity contribution in [1.82, 2.24) is 14.1 Å². The maximum absolute atomic E-state index is 9.55. The van der Waals surface area contributed by atoms with Crippen LogP contribution >= 0.6 is 0 Å². The van der Waals surface area contributed by atoms with Gasteiger partial charge in [0.1, 0.15) is 39.6 Å². The van der Waals surface area contributed by atoms with Crippen LogP contribution in [0.25, 0.3) is 161 Å². The van der Waals surface area contributed by atoms with Crippen LogP contribution in [-0.2, 0) is 5.41 Å². The SMILES string of the molecule is [2H]c1c([2H])c([2H])c(-c2cccc3c2-c2cccc(-c4ccc5oc6ccccc6c5c4)c2-[n+]2[c-]n(-c4cccc(Oc5ccc6c7ccccc7n(-c7cc(C(C)(C)C)ccn7)c6c5)c4)c4cc(-c5ccc6oc7ccccc7c6c5)cc(c42)-c2ccccc2-3)c([2H])c1[2H]. The fourth-order valence-electron chi connectivity index (χ4n) is 13.7. The Hall–Kier alpha value is -11.5. The summed E-state index contributed by atoms with van der Waals surface area (Å²) < 4.78 is 72.3. The van der Waals surface area contributed by atoms with E-state index in [2.05, 4.69) is 192 Å². The number of fused-ring (bicyclic) bond motifs is 16. The fourth-order valence-corrected chi connectivity index (χ4v) is 13.7. The van der Waals surface area contributed by atoms with Gasteiger partial charge in [-0.3, -0.25) is 13.7 Å². The second-order valence-corrected chi connectivity index (χ2v) is 24.0. The minimum Gasteiger partial charge on any atom is -0.458 e. The molecular formula is C82H54N4O3. The normalized spacial score (nSPS) is 13.0. The first kappa shape index (κ1) is 45.8. The van der Waals surface area contributed by atoms with Crippen molar-refractivity contribution in [3.05, 3.63) is 285 Å². The minimum atomic E-state index is -0.459. The molecule has 0 saturated carbocycles. The highest BCUT2D eigenvalue weighted by Crippen LogP contribution is 2.50. The zero-order chi connectivity index (χ0) is 63.4. The Bertz CT molecular complexity index is 6080. The molecule has 7 nitrogen and oxygen atoms in total. The Morgan fingerprint density at radius 2 is 1.06 bits per heavy atom. The van der Waals surface area contributed by atoms with Gasteiger partial charge in [0.25, 0.3) is 6.33 Å². The first-order chi connectivity index (χ1) is 45.8. The molecule has 0 aliphatic carbocycles. The first-order valence-electron chi connectivity index (χ1n) is 32.4. The molecule has 17 aromatic rings. The standard InChI is InChI=1S/C82H54N4O3/c1-82(2,3)54-40-41-83-78(46-54)86-71-31-12-9-24-62(71)63-37-36-57(48-72(63)86)87-56-21-15-20-55(47-56)84-49-85-80-59(52-35-39-77-69(43-52)65-26-11-14-33-75(65)89-77)28-17-30-67(80)79-58(50-18-5-4-6-19-50)27-16-29-66(79)60-22-7-8-23-61(60)70-44-53(45-73(84)81(70)85)51-34-38-76-68(42-51)64-25-10-13-32-74(64)88-76/h4-48H,1-3H3/i4D,5D,6D,18D,19D. The molecule has 18 rings (SSSR count). The highest BCUT2D eigenvalue weighted by atomic mass is 16.5. The van der Waals surface area contributed by atoms with E-state index in [4.69, 9.17) is 22.7 Å². The van der Waals surface area contributed by atoms with Crippen molar-refractivity contribution < 1.29 is 25.0 Å². The van der Waals surface area contributed by atoms with Crippen molar-refractivity contribution in [3.63, 3.8) is 0 Å². The van der Waals surface area contributed by atoms with Gasteiger partial charge in [-0.05, 0) is 169 Å². The van der Waals surface area contributed by atoms with E-state index in [1.807, 2.05) is 91.1 Å². The monoisotopic (exact) mass is 1150 g/mol. The van der Waals surface area contributed by atoms with Gasteiger partial charge in [-0.25, -0.2) is 4.98 Å². The van der Waals surface area contributed by atoms with Gasteiger partial charge in [-0.1, -0.05) is 191 Å². The summed E-state index contributed by atoms with van der Waals surface area (Å²) >= 11 is 0. The quantitative estimate of drug-likeness (QED) is 0.118. The van der Waals surface area contributed by atoms with Crippen molar-refractivity contribution in [2.24, 2.45) is 0 Å². The van der Waals surface area contributed by atoms with Gasteiger partial charge in [-0.2, -0.15) is 0 Å². The van der Waals surface area contributed by atoms with Crippen LogP contribution in [-0.4, -0.2) is 14.1 Å². The van der Waals surface area contributed by atoms with Gasteiger partial charge in [-0.15, -0.1) is 0 Å². The highest BCUT2D eigenvalue weighted by Gasteiger charge is 2.30. The third-order valence-electron chi connectivity index (χ3n) is 17.8. The molecule has 12 aromatic carbocycles. The summed E-state index contributed by atoms with van der Waals surface area (Å²) in [6.45, 7) is 6.65. The van der Waals surface area contributed by atoms with E-state index in [-0.39, 0.29) is 23.1 Å². The van der Waals surface area contributed by atoms with Gasteiger partial charge in [0, 0.05) is 44.6 Å². The number of imidazole rings is 1. The topological polar surface area (TPSA) is 62.1 Å². The van der Waals surface area contributed by atoms with E-state index in [0.29, 0.717) is 22.6 Å². The van der Waals surface area contributed by atoms with Crippen LogP contribution in [0.3, 0.4) is 0 Å². The number of ether oxygens (including phenoxy) is 1. The van der Waals surface area contributed by atoms with Crippen LogP contribution in [0.4, 0.5) is 0 Å². The van der Waals surface area contributed by atoms with E-state index in [9.17, 15) is 2.74 Å². The number of aromatic nitrogens is 4. The van der Waals surface area contributed by atoms with Gasteiger partial charge in [0.05, 0.1) is 40.3 Å². The fraction of sp³-hybridized carbons (Fsp3) is 0.0488. The number of furan rings is 2. The van der Waals surface area contributed by atoms with Gasteiger partial charge < -0.3 is 13.6 Å². The summed E-state index contributed by atoms with van der Waals surface area (Å²) in [6.07, 6.45) is 5.91. The molecule has 420 valence electrons. The van der Waals surface area contributed by atoms with Crippen LogP contribution in [0.15, 0.2) is 282 Å². The number of hydrogen-bond donors (Lipinski definition) is 0. The number of para-hydroxylation sites is 4. The maximum Gasteiger partial charge on any atom is 0.269 e. The van der Waals surface area contributed by atoms with Crippen LogP contribution in [0.1, 0.15) is 33.2 Å². The van der Waals surface area contributed by atoms with E-state index >= 15 is 0 Å². The zero-order valence-electron chi connectivity index (χ0n) is 53.6. The summed E-state index contributed by atoms with van der Waals surface area (Å²) in [7, 11) is 0. The average Bonchev–Trinajstić information content (AvgIpc) is 1.50. The lowest BCUT2D eigenvalue weighted by atomic mass is 9.84. The average molecular weight is 1150 g/mol. The lowest BCUT2D eigenvalue weighted by Crippen LogP contribution is -2.32. The molecular weight excluding hydrogens is 1090 g/mol. The first-order valence-corrected chi connectivity index (χ1v) is 29.9. The second-order valence-electron chi connectivity index (χ2n) is 24.0. The van der Waals surface area contributed by atoms with Gasteiger partial charge in [0.2, 0.25) is 0 Å². The van der Waals surface area contributed by atoms with E-state index < -0.39 is 18.1 Å². The lowest BCUT2D eigenvalue weighted by molar-refractivity contribution is -0.570. The number of nitrogens with zero attached hydrogens (tertiary/aromatic N) is 4. The number of pyridine rings is 1. The summed E-state index contributed by atoms with van der Waals surface area (Å²) in [4.78, 5) is 4.95. The Labute approximate surface area is 519 Å². The largest absolute Gasteiger partial charge is 0.458 e. The Balaban J connectivity index is 0.919. The summed E-state index contributed by atoms with van der Waals surface area (Å²) in [5.74, 6) is 2.08. The lowest BCUT2D eigenvalue weighted by Gasteiger charge is -2.21. The predicted octanol–water partition coefficient (Wildman–Crippen LogP) is 21.4. The Kier molecular flexibility index (Phi) is 10.0. The molecule has 1 aliphatic rings. The molecule has 89 heavy (non-hydrogen) atoms. The molecule has 0 spiro atoms. The third-order valence-corrected chi connectivity index (χ3v) is 17.8. The summed E-state index contributed by atoms with van der Waals surface area (Å²) in [5.41, 5.74) is 18.7. The molecule has 0 saturated heterocycles. The molecule has 5 aromatic heterocycles. The Morgan fingerprint density at radius 1 is 0.438 bits per heavy atom. The van der Waals surface area contributed by atoms with Crippen molar-refractivity contribution in [2.75, 3.05) is 0 Å². The van der Waals surface area contributed by atoms with Crippen LogP contribution < -0.4 is 9.30 Å². The molecule has 6 heterocycles.